The molecule has 0 rings (SSSR count). The molecule has 1 N–H and O–H groups in total. The van der Waals surface area contributed by atoms with Gasteiger partial charge in [0.1, 0.15) is 0 Å². The number of rotatable bonds is 15. The minimum atomic E-state index is -6.97. The molecule has 0 aliphatic heterocycles. The number of hydrogen-bond donors (Lipinski definition) is 1. The molecule has 10 nitrogen and oxygen atoms in total. The van der Waals surface area contributed by atoms with Crippen LogP contribution in [0, 0.1) is 0 Å². The van der Waals surface area contributed by atoms with Crippen molar-refractivity contribution in [2.45, 2.75) is 36.6 Å². The first kappa shape index (κ1) is 33.2. The van der Waals surface area contributed by atoms with Crippen LogP contribution in [0.25, 0.3) is 0 Å². The summed E-state index contributed by atoms with van der Waals surface area (Å²) in [4.78, 5) is 0. The second-order valence-corrected chi connectivity index (χ2v) is 13.1. The first-order chi connectivity index (χ1) is 14.8. The van der Waals surface area contributed by atoms with E-state index in [1.54, 1.807) is 0 Å². The van der Waals surface area contributed by atoms with Crippen LogP contribution in [0.5, 0.6) is 0 Å². The maximum Gasteiger partial charge on any atom is 0.461 e. The second kappa shape index (κ2) is 11.1. The molecule has 34 heavy (non-hydrogen) atoms. The zero-order valence-corrected chi connectivity index (χ0v) is 20.4. The van der Waals surface area contributed by atoms with Gasteiger partial charge in [-0.15, -0.1) is 0 Å². The van der Waals surface area contributed by atoms with Crippen molar-refractivity contribution in [3.8, 4) is 0 Å². The smallest absolute Gasteiger partial charge is 0.461 e. The summed E-state index contributed by atoms with van der Waals surface area (Å²) in [5, 5.41) is -6.64. The number of halogens is 7. The third-order valence-corrected chi connectivity index (χ3v) is 8.07. The van der Waals surface area contributed by atoms with E-state index in [4.69, 9.17) is 4.55 Å². The summed E-state index contributed by atoms with van der Waals surface area (Å²) in [5.74, 6) is -8.89. The molecule has 20 heteroatoms. The molecule has 0 fully saturated rings. The fourth-order valence-corrected chi connectivity index (χ4v) is 5.20. The molecule has 0 radical (unpaired) electrons. The van der Waals surface area contributed by atoms with E-state index in [1.807, 2.05) is 0 Å². The highest BCUT2D eigenvalue weighted by atomic mass is 32.2. The van der Waals surface area contributed by atoms with Gasteiger partial charge in [0, 0.05) is 31.7 Å². The minimum absolute atomic E-state index is 0.0271. The summed E-state index contributed by atoms with van der Waals surface area (Å²) < 4.78 is 178. The number of alkyl halides is 7. The van der Waals surface area contributed by atoms with E-state index in [1.165, 1.54) is 14.1 Å². The van der Waals surface area contributed by atoms with Crippen LogP contribution >= 0.6 is 0 Å². The summed E-state index contributed by atoms with van der Waals surface area (Å²) in [6, 6.07) is 0. The Morgan fingerprint density at radius 3 is 1.65 bits per heavy atom. The topological polar surface area (TPSA) is 149 Å². The van der Waals surface area contributed by atoms with Crippen LogP contribution in [0.2, 0.25) is 0 Å². The van der Waals surface area contributed by atoms with Crippen molar-refractivity contribution in [2.24, 2.45) is 0 Å². The summed E-state index contributed by atoms with van der Waals surface area (Å²) in [5.41, 5.74) is 0. The number of hydrogen-bond acceptors (Lipinski definition) is 7. The van der Waals surface area contributed by atoms with Gasteiger partial charge >= 0.3 is 17.4 Å². The van der Waals surface area contributed by atoms with Crippen molar-refractivity contribution in [3.05, 3.63) is 0 Å². The molecule has 0 spiro atoms. The van der Waals surface area contributed by atoms with Crippen LogP contribution in [0.3, 0.4) is 0 Å². The molecule has 206 valence electrons. The Hall–Kier alpha value is -0.800. The van der Waals surface area contributed by atoms with Crippen LogP contribution in [-0.2, 0) is 30.3 Å². The van der Waals surface area contributed by atoms with Crippen molar-refractivity contribution >= 4 is 30.3 Å². The molecule has 0 aromatic heterocycles. The van der Waals surface area contributed by atoms with Gasteiger partial charge in [0.05, 0.1) is 43.1 Å². The summed E-state index contributed by atoms with van der Waals surface area (Å²) in [6.45, 7) is -2.35. The second-order valence-electron chi connectivity index (χ2n) is 7.98. The van der Waals surface area contributed by atoms with Crippen molar-refractivity contribution in [3.63, 3.8) is 0 Å². The summed E-state index contributed by atoms with van der Waals surface area (Å²) >= 11 is 0. The quantitative estimate of drug-likeness (QED) is 0.172. The molecule has 0 aromatic carbocycles. The lowest BCUT2D eigenvalue weighted by atomic mass is 10.3. The summed E-state index contributed by atoms with van der Waals surface area (Å²) in [7, 11) is -13.0. The van der Waals surface area contributed by atoms with Crippen LogP contribution in [0.4, 0.5) is 30.7 Å². The first-order valence-electron chi connectivity index (χ1n) is 9.30. The van der Waals surface area contributed by atoms with E-state index < -0.39 is 89.4 Å². The van der Waals surface area contributed by atoms with Gasteiger partial charge in [-0.3, -0.25) is 4.55 Å². The molecule has 0 aromatic rings. The highest BCUT2D eigenvalue weighted by molar-refractivity contribution is 7.90. The van der Waals surface area contributed by atoms with E-state index in [9.17, 15) is 60.5 Å². The Bertz CT molecular complexity index is 997. The highest BCUT2D eigenvalue weighted by Crippen LogP contribution is 2.49. The molecule has 0 amide bonds. The molecule has 0 heterocycles. The van der Waals surface area contributed by atoms with E-state index in [2.05, 4.69) is 0 Å². The van der Waals surface area contributed by atoms with Crippen LogP contribution in [-0.4, -0.2) is 112 Å². The van der Waals surface area contributed by atoms with Gasteiger partial charge in [-0.1, -0.05) is 0 Å². The van der Waals surface area contributed by atoms with Crippen molar-refractivity contribution < 1.29 is 69.6 Å². The van der Waals surface area contributed by atoms with Gasteiger partial charge in [0.2, 0.25) is 0 Å². The fraction of sp³-hybridized carbons (Fsp3) is 1.00. The van der Waals surface area contributed by atoms with Gasteiger partial charge in [0.15, 0.2) is 0 Å². The third kappa shape index (κ3) is 9.69. The molecule has 0 aliphatic carbocycles. The van der Waals surface area contributed by atoms with Gasteiger partial charge in [0.25, 0.3) is 20.1 Å². The normalized spacial score (nSPS) is 15.2. The lowest BCUT2D eigenvalue weighted by Gasteiger charge is -2.34. The van der Waals surface area contributed by atoms with E-state index in [-0.39, 0.29) is 24.0 Å². The van der Waals surface area contributed by atoms with E-state index in [0.29, 0.717) is 0 Å². The largest absolute Gasteiger partial charge is 0.748 e. The summed E-state index contributed by atoms with van der Waals surface area (Å²) in [6.07, 6.45) is -8.36. The molecular weight excluding hydrogens is 553 g/mol. The molecule has 0 saturated carbocycles. The first-order valence-corrected chi connectivity index (χ1v) is 13.9. The van der Waals surface area contributed by atoms with E-state index >= 15 is 0 Å². The zero-order valence-electron chi connectivity index (χ0n) is 17.9. The monoisotopic (exact) mass is 578 g/mol. The lowest BCUT2D eigenvalue weighted by Crippen LogP contribution is -2.60. The predicted octanol–water partition coefficient (Wildman–Crippen LogP) is 1.09. The molecule has 0 unspecified atom stereocenters. The average Bonchev–Trinajstić information content (AvgIpc) is 2.56. The Kier molecular flexibility index (Phi) is 10.8. The lowest BCUT2D eigenvalue weighted by molar-refractivity contribution is -0.890. The van der Waals surface area contributed by atoms with Gasteiger partial charge in [-0.05, 0) is 6.42 Å². The third-order valence-electron chi connectivity index (χ3n) is 4.52. The fourth-order valence-electron chi connectivity index (χ4n) is 2.72. The minimum Gasteiger partial charge on any atom is -0.748 e. The van der Waals surface area contributed by atoms with Gasteiger partial charge in [-0.25, -0.2) is 16.8 Å². The number of quaternary nitrogens is 1. The standard InChI is InChI=1S/C14H25F7N2O8S3/c1-23(2,9-5-11-33(27,28)29)8-3-6-22(7-4-10-32(24,25)26)34(30,31)14(20,21)12(15,16)13(17,18)19/h3-11H2,1-2H3,(H-,24,25,26,27,28,29). The molecule has 0 saturated heterocycles. The molecule has 0 aliphatic rings. The maximum atomic E-state index is 14.0. The van der Waals surface area contributed by atoms with Crippen molar-refractivity contribution in [2.75, 3.05) is 51.8 Å². The predicted molar refractivity (Wildman–Crippen MR) is 103 cm³/mol. The Morgan fingerprint density at radius 1 is 0.794 bits per heavy atom. The highest BCUT2D eigenvalue weighted by Gasteiger charge is 2.79. The number of nitrogens with zero attached hydrogens (tertiary/aromatic N) is 2. The SMILES string of the molecule is C[N+](C)(CCCN(CCCS(=O)(=O)O)S(=O)(=O)C(F)(F)C(F)(F)C(F)(F)F)CCCS(=O)(=O)[O-]. The van der Waals surface area contributed by atoms with Crippen molar-refractivity contribution in [1.29, 1.82) is 0 Å². The molecular formula is C14H25F7N2O8S3. The van der Waals surface area contributed by atoms with Crippen LogP contribution in [0.15, 0.2) is 0 Å². The van der Waals surface area contributed by atoms with Gasteiger partial charge in [-0.2, -0.15) is 43.5 Å². The zero-order chi connectivity index (χ0) is 27.4. The van der Waals surface area contributed by atoms with Gasteiger partial charge < -0.3 is 9.04 Å². The van der Waals surface area contributed by atoms with E-state index in [0.717, 1.165) is 0 Å². The van der Waals surface area contributed by atoms with Crippen LogP contribution in [0.1, 0.15) is 19.3 Å². The Balaban J connectivity index is 5.68. The molecule has 0 atom stereocenters. The molecule has 0 bridgehead atoms. The number of sulfonamides is 1. The Morgan fingerprint density at radius 2 is 1.24 bits per heavy atom. The van der Waals surface area contributed by atoms with Crippen molar-refractivity contribution in [1.82, 2.24) is 4.31 Å². The van der Waals surface area contributed by atoms with Crippen LogP contribution < -0.4 is 0 Å². The maximum absolute atomic E-state index is 14.0. The Labute approximate surface area is 192 Å². The average molecular weight is 579 g/mol.